The zero-order valence-electron chi connectivity index (χ0n) is 48.3. The van der Waals surface area contributed by atoms with E-state index in [2.05, 4.69) is 32.9 Å². The van der Waals surface area contributed by atoms with Crippen LogP contribution in [0, 0.1) is 0 Å². The summed E-state index contributed by atoms with van der Waals surface area (Å²) >= 11 is 0. The Bertz CT molecular complexity index is 1100. The SMILES string of the molecule is CCCCCCCC/C=C\CCCCCCCC(=O)OC(COC(=O)CCCCCCCC)COC(=O)CCCCCCCCCCCCCCCCCCCCCCCCCCCCCCCCCC. The first-order valence-electron chi connectivity index (χ1n) is 32.2. The lowest BCUT2D eigenvalue weighted by atomic mass is 10.0. The van der Waals surface area contributed by atoms with Gasteiger partial charge >= 0.3 is 17.9 Å². The van der Waals surface area contributed by atoms with Gasteiger partial charge < -0.3 is 14.2 Å². The Kier molecular flexibility index (Phi) is 59.1. The van der Waals surface area contributed by atoms with Crippen molar-refractivity contribution in [2.45, 2.75) is 374 Å². The molecule has 0 aliphatic rings. The Morgan fingerprint density at radius 2 is 0.465 bits per heavy atom. The van der Waals surface area contributed by atoms with Crippen molar-refractivity contribution in [3.63, 3.8) is 0 Å². The molecule has 0 fully saturated rings. The lowest BCUT2D eigenvalue weighted by Gasteiger charge is -2.18. The average Bonchev–Trinajstić information content (AvgIpc) is 3.37. The highest BCUT2D eigenvalue weighted by Crippen LogP contribution is 2.18. The van der Waals surface area contributed by atoms with Gasteiger partial charge in [0.05, 0.1) is 0 Å². The number of allylic oxidation sites excluding steroid dienone is 2. The van der Waals surface area contributed by atoms with Gasteiger partial charge in [-0.1, -0.05) is 315 Å². The van der Waals surface area contributed by atoms with Crippen LogP contribution in [0.15, 0.2) is 12.2 Å². The second-order valence-electron chi connectivity index (χ2n) is 22.0. The highest BCUT2D eigenvalue weighted by molar-refractivity contribution is 5.71. The first-order chi connectivity index (χ1) is 35.0. The smallest absolute Gasteiger partial charge is 0.306 e. The van der Waals surface area contributed by atoms with Gasteiger partial charge in [-0.05, 0) is 44.9 Å². The van der Waals surface area contributed by atoms with Gasteiger partial charge in [0, 0.05) is 19.3 Å². The maximum Gasteiger partial charge on any atom is 0.306 e. The molecule has 0 aromatic carbocycles. The van der Waals surface area contributed by atoms with E-state index in [1.165, 1.54) is 263 Å². The van der Waals surface area contributed by atoms with Crippen molar-refractivity contribution in [2.24, 2.45) is 0 Å². The molecule has 0 rings (SSSR count). The second-order valence-corrected chi connectivity index (χ2v) is 22.0. The van der Waals surface area contributed by atoms with Gasteiger partial charge in [0.1, 0.15) is 13.2 Å². The number of hydrogen-bond acceptors (Lipinski definition) is 6. The predicted molar refractivity (Wildman–Crippen MR) is 307 cm³/mol. The number of hydrogen-bond donors (Lipinski definition) is 0. The number of carbonyl (C=O) groups excluding carboxylic acids is 3. The lowest BCUT2D eigenvalue weighted by Crippen LogP contribution is -2.30. The van der Waals surface area contributed by atoms with Crippen LogP contribution in [0.1, 0.15) is 367 Å². The van der Waals surface area contributed by atoms with Crippen LogP contribution in [0.25, 0.3) is 0 Å². The van der Waals surface area contributed by atoms with Crippen LogP contribution in [0.2, 0.25) is 0 Å². The Morgan fingerprint density at radius 3 is 0.704 bits per heavy atom. The molecule has 1 atom stereocenters. The quantitative estimate of drug-likeness (QED) is 0.0261. The standard InChI is InChI=1S/C65H124O6/c1-4-7-10-13-16-18-20-22-24-25-26-27-28-29-30-31-32-33-34-35-36-37-38-39-40-42-43-45-47-49-52-55-58-64(67)70-61-62(60-69-63(66)57-54-51-15-12-9-6-3)71-65(68)59-56-53-50-48-46-44-41-23-21-19-17-14-11-8-5-2/h23,41,62H,4-22,24-40,42-61H2,1-3H3/b41-23-. The molecule has 0 heterocycles. The number of esters is 3. The minimum Gasteiger partial charge on any atom is -0.462 e. The monoisotopic (exact) mass is 1000 g/mol. The summed E-state index contributed by atoms with van der Waals surface area (Å²) in [6, 6.07) is 0. The maximum atomic E-state index is 12.8. The van der Waals surface area contributed by atoms with Crippen molar-refractivity contribution in [2.75, 3.05) is 13.2 Å². The number of ether oxygens (including phenoxy) is 3. The Morgan fingerprint density at radius 1 is 0.268 bits per heavy atom. The van der Waals surface area contributed by atoms with E-state index in [1.807, 2.05) is 0 Å². The summed E-state index contributed by atoms with van der Waals surface area (Å²) in [5.74, 6) is -0.865. The van der Waals surface area contributed by atoms with Crippen molar-refractivity contribution in [1.82, 2.24) is 0 Å². The van der Waals surface area contributed by atoms with E-state index in [0.29, 0.717) is 19.3 Å². The van der Waals surface area contributed by atoms with Crippen molar-refractivity contribution in [1.29, 1.82) is 0 Å². The Labute approximate surface area is 443 Å². The van der Waals surface area contributed by atoms with Gasteiger partial charge in [-0.3, -0.25) is 14.4 Å². The highest BCUT2D eigenvalue weighted by Gasteiger charge is 2.19. The van der Waals surface area contributed by atoms with Gasteiger partial charge in [0.2, 0.25) is 0 Å². The predicted octanol–water partition coefficient (Wildman–Crippen LogP) is 21.7. The lowest BCUT2D eigenvalue weighted by molar-refractivity contribution is -0.167. The molecule has 0 bridgehead atoms. The topological polar surface area (TPSA) is 78.9 Å². The molecule has 0 aliphatic heterocycles. The van der Waals surface area contributed by atoms with Crippen LogP contribution in [-0.4, -0.2) is 37.2 Å². The molecular formula is C65H124O6. The molecule has 1 unspecified atom stereocenters. The molecule has 0 aliphatic carbocycles. The van der Waals surface area contributed by atoms with E-state index < -0.39 is 6.10 Å². The van der Waals surface area contributed by atoms with Crippen LogP contribution in [0.5, 0.6) is 0 Å². The van der Waals surface area contributed by atoms with Gasteiger partial charge in [0.15, 0.2) is 6.10 Å². The molecule has 0 saturated carbocycles. The summed E-state index contributed by atoms with van der Waals surface area (Å²) in [7, 11) is 0. The Balaban J connectivity index is 3.90. The molecule has 0 amide bonds. The van der Waals surface area contributed by atoms with Crippen LogP contribution in [0.3, 0.4) is 0 Å². The second kappa shape index (κ2) is 60.7. The van der Waals surface area contributed by atoms with Gasteiger partial charge in [-0.25, -0.2) is 0 Å². The fourth-order valence-corrected chi connectivity index (χ4v) is 9.91. The molecule has 420 valence electrons. The van der Waals surface area contributed by atoms with Crippen LogP contribution >= 0.6 is 0 Å². The molecule has 0 spiro atoms. The van der Waals surface area contributed by atoms with Gasteiger partial charge in [-0.15, -0.1) is 0 Å². The van der Waals surface area contributed by atoms with Gasteiger partial charge in [-0.2, -0.15) is 0 Å². The minimum absolute atomic E-state index is 0.0686. The zero-order valence-corrected chi connectivity index (χ0v) is 48.3. The average molecular weight is 1000 g/mol. The molecule has 0 aromatic rings. The molecular weight excluding hydrogens is 877 g/mol. The summed E-state index contributed by atoms with van der Waals surface area (Å²) in [6.07, 6.45) is 71.4. The van der Waals surface area contributed by atoms with Crippen molar-refractivity contribution < 1.29 is 28.6 Å². The minimum atomic E-state index is -0.767. The Hall–Kier alpha value is -1.85. The van der Waals surface area contributed by atoms with E-state index in [9.17, 15) is 14.4 Å². The van der Waals surface area contributed by atoms with Crippen molar-refractivity contribution in [3.8, 4) is 0 Å². The largest absolute Gasteiger partial charge is 0.462 e. The summed E-state index contributed by atoms with van der Waals surface area (Å²) in [6.45, 7) is 6.63. The van der Waals surface area contributed by atoms with Crippen LogP contribution in [0.4, 0.5) is 0 Å². The van der Waals surface area contributed by atoms with Crippen molar-refractivity contribution in [3.05, 3.63) is 12.2 Å². The molecule has 0 saturated heterocycles. The van der Waals surface area contributed by atoms with E-state index in [1.54, 1.807) is 0 Å². The molecule has 0 aromatic heterocycles. The summed E-state index contributed by atoms with van der Waals surface area (Å²) in [4.78, 5) is 37.9. The summed E-state index contributed by atoms with van der Waals surface area (Å²) < 4.78 is 16.8. The third kappa shape index (κ3) is 58.9. The third-order valence-electron chi connectivity index (χ3n) is 14.8. The third-order valence-corrected chi connectivity index (χ3v) is 14.8. The molecule has 6 heteroatoms. The zero-order chi connectivity index (χ0) is 51.4. The maximum absolute atomic E-state index is 12.8. The highest BCUT2D eigenvalue weighted by atomic mass is 16.6. The molecule has 0 radical (unpaired) electrons. The fourth-order valence-electron chi connectivity index (χ4n) is 9.91. The first-order valence-corrected chi connectivity index (χ1v) is 32.2. The number of carbonyl (C=O) groups is 3. The van der Waals surface area contributed by atoms with Crippen molar-refractivity contribution >= 4 is 17.9 Å². The van der Waals surface area contributed by atoms with Crippen LogP contribution in [-0.2, 0) is 28.6 Å². The first kappa shape index (κ1) is 69.2. The fraction of sp³-hybridized carbons (Fsp3) is 0.923. The van der Waals surface area contributed by atoms with E-state index in [0.717, 1.165) is 64.2 Å². The molecule has 71 heavy (non-hydrogen) atoms. The summed E-state index contributed by atoms with van der Waals surface area (Å²) in [5.41, 5.74) is 0. The molecule has 6 nitrogen and oxygen atoms in total. The summed E-state index contributed by atoms with van der Waals surface area (Å²) in [5, 5.41) is 0. The van der Waals surface area contributed by atoms with Gasteiger partial charge in [0.25, 0.3) is 0 Å². The van der Waals surface area contributed by atoms with Crippen LogP contribution < -0.4 is 0 Å². The number of rotatable bonds is 60. The van der Waals surface area contributed by atoms with E-state index in [4.69, 9.17) is 14.2 Å². The molecule has 0 N–H and O–H groups in total. The van der Waals surface area contributed by atoms with E-state index in [-0.39, 0.29) is 31.1 Å². The normalized spacial score (nSPS) is 12.0. The van der Waals surface area contributed by atoms with E-state index >= 15 is 0 Å². The number of unbranched alkanes of at least 4 members (excludes halogenated alkanes) is 47.